The minimum Gasteiger partial charge on any atom is -0.354 e. The minimum atomic E-state index is -1.36. The quantitative estimate of drug-likeness (QED) is 0.339. The summed E-state index contributed by atoms with van der Waals surface area (Å²) in [5, 5.41) is 0.929. The maximum atomic E-state index is 13.3. The van der Waals surface area contributed by atoms with Crippen LogP contribution < -0.4 is 4.90 Å². The Morgan fingerprint density at radius 3 is 2.47 bits per heavy atom. The minimum absolute atomic E-state index is 0.335. The number of aryl methyl sites for hydroxylation is 1. The van der Waals surface area contributed by atoms with Crippen LogP contribution in [0.5, 0.6) is 0 Å². The number of benzene rings is 2. The second-order valence-corrected chi connectivity index (χ2v) is 10.7. The lowest BCUT2D eigenvalue weighted by atomic mass is 9.92. The van der Waals surface area contributed by atoms with E-state index in [1.807, 2.05) is 57.3 Å². The first-order valence-corrected chi connectivity index (χ1v) is 13.9. The fourth-order valence-electron chi connectivity index (χ4n) is 4.86. The maximum absolute atomic E-state index is 13.3. The Hall–Kier alpha value is -3.03. The predicted octanol–water partition coefficient (Wildman–Crippen LogP) is 5.68. The van der Waals surface area contributed by atoms with Crippen LogP contribution in [0.25, 0.3) is 11.0 Å². The molecule has 0 aliphatic carbocycles. The van der Waals surface area contributed by atoms with Crippen molar-refractivity contribution in [3.8, 4) is 0 Å². The molecule has 190 valence electrons. The van der Waals surface area contributed by atoms with Crippen LogP contribution >= 0.6 is 0 Å². The number of piperidine rings is 1. The van der Waals surface area contributed by atoms with Crippen LogP contribution in [0.15, 0.2) is 78.1 Å². The summed E-state index contributed by atoms with van der Waals surface area (Å²) in [6, 6.07) is 20.8. The van der Waals surface area contributed by atoms with Gasteiger partial charge in [-0.05, 0) is 49.6 Å². The Morgan fingerprint density at radius 2 is 1.75 bits per heavy atom. The van der Waals surface area contributed by atoms with Gasteiger partial charge in [-0.2, -0.15) is 0 Å². The lowest BCUT2D eigenvalue weighted by Gasteiger charge is -2.42. The summed E-state index contributed by atoms with van der Waals surface area (Å²) in [5.74, 6) is 1.44. The molecule has 0 radical (unpaired) electrons. The van der Waals surface area contributed by atoms with E-state index in [2.05, 4.69) is 64.1 Å². The molecule has 1 fully saturated rings. The van der Waals surface area contributed by atoms with E-state index < -0.39 is 11.0 Å². The van der Waals surface area contributed by atoms with Crippen LogP contribution in [0.4, 0.5) is 5.82 Å². The van der Waals surface area contributed by atoms with Gasteiger partial charge in [-0.1, -0.05) is 68.8 Å². The first kappa shape index (κ1) is 26.0. The summed E-state index contributed by atoms with van der Waals surface area (Å²) < 4.78 is 15.0. The van der Waals surface area contributed by atoms with Crippen molar-refractivity contribution in [3.05, 3.63) is 84.3 Å². The first-order chi connectivity index (χ1) is 17.5. The molecular formula is C29H37N5OS. The molecule has 2 aromatic heterocycles. The Balaban J connectivity index is 0.00000148. The van der Waals surface area contributed by atoms with Gasteiger partial charge < -0.3 is 4.90 Å². The molecule has 0 spiro atoms. The summed E-state index contributed by atoms with van der Waals surface area (Å²) in [6.45, 7) is 11.4. The van der Waals surface area contributed by atoms with Crippen molar-refractivity contribution in [2.75, 3.05) is 25.0 Å². The number of hydrogen-bond donors (Lipinski definition) is 0. The molecular weight excluding hydrogens is 466 g/mol. The van der Waals surface area contributed by atoms with Crippen LogP contribution in [-0.4, -0.2) is 49.2 Å². The second-order valence-electron chi connectivity index (χ2n) is 9.30. The van der Waals surface area contributed by atoms with Gasteiger partial charge in [0.2, 0.25) is 0 Å². The van der Waals surface area contributed by atoms with Gasteiger partial charge in [0.15, 0.2) is 16.6 Å². The van der Waals surface area contributed by atoms with Gasteiger partial charge in [-0.3, -0.25) is 4.90 Å². The van der Waals surface area contributed by atoms with Crippen molar-refractivity contribution >= 4 is 27.8 Å². The molecule has 0 amide bonds. The van der Waals surface area contributed by atoms with Gasteiger partial charge in [0, 0.05) is 32.4 Å². The highest BCUT2D eigenvalue weighted by Crippen LogP contribution is 2.30. The lowest BCUT2D eigenvalue weighted by molar-refractivity contribution is 0.159. The summed E-state index contributed by atoms with van der Waals surface area (Å²) >= 11 is 0. The van der Waals surface area contributed by atoms with Crippen molar-refractivity contribution < 1.29 is 4.21 Å². The average Bonchev–Trinajstić information content (AvgIpc) is 3.35. The molecule has 7 heteroatoms. The highest BCUT2D eigenvalue weighted by atomic mass is 32.2. The molecule has 3 unspecified atom stereocenters. The smallest absolute Gasteiger partial charge is 0.158 e. The molecule has 1 aliphatic heterocycles. The lowest BCUT2D eigenvalue weighted by Crippen LogP contribution is -2.50. The highest BCUT2D eigenvalue weighted by molar-refractivity contribution is 7.83. The van der Waals surface area contributed by atoms with Gasteiger partial charge in [-0.25, -0.2) is 18.1 Å². The highest BCUT2D eigenvalue weighted by Gasteiger charge is 2.31. The Bertz CT molecular complexity index is 1290. The van der Waals surface area contributed by atoms with Gasteiger partial charge in [0.25, 0.3) is 0 Å². The molecule has 2 aromatic carbocycles. The summed E-state index contributed by atoms with van der Waals surface area (Å²) in [6.07, 6.45) is 4.60. The molecule has 36 heavy (non-hydrogen) atoms. The molecule has 3 atom stereocenters. The fourth-order valence-corrected chi connectivity index (χ4v) is 5.93. The van der Waals surface area contributed by atoms with Crippen LogP contribution in [0.2, 0.25) is 0 Å². The van der Waals surface area contributed by atoms with Crippen LogP contribution in [0.1, 0.15) is 38.3 Å². The SMILES string of the molecule is CC.Cc1ccc(S(=O)n2ccc3c(N(C)C4CN(Cc5ccccc5)CCC4C)ncnc32)cc1. The monoisotopic (exact) mass is 503 g/mol. The number of anilines is 1. The zero-order valence-electron chi connectivity index (χ0n) is 22.0. The summed E-state index contributed by atoms with van der Waals surface area (Å²) in [5.41, 5.74) is 3.19. The molecule has 0 N–H and O–H groups in total. The topological polar surface area (TPSA) is 54.3 Å². The van der Waals surface area contributed by atoms with E-state index in [9.17, 15) is 4.21 Å². The third kappa shape index (κ3) is 5.52. The van der Waals surface area contributed by atoms with Crippen molar-refractivity contribution in [2.24, 2.45) is 5.92 Å². The zero-order valence-corrected chi connectivity index (χ0v) is 22.8. The van der Waals surface area contributed by atoms with E-state index in [0.29, 0.717) is 17.6 Å². The Labute approximate surface area is 217 Å². The molecule has 0 saturated carbocycles. The molecule has 4 aromatic rings. The van der Waals surface area contributed by atoms with E-state index in [1.165, 1.54) is 5.56 Å². The van der Waals surface area contributed by atoms with Crippen molar-refractivity contribution in [1.82, 2.24) is 18.8 Å². The second kappa shape index (κ2) is 11.8. The van der Waals surface area contributed by atoms with E-state index in [4.69, 9.17) is 0 Å². The predicted molar refractivity (Wildman–Crippen MR) is 150 cm³/mol. The molecule has 0 bridgehead atoms. The normalized spacial score (nSPS) is 18.9. The number of fused-ring (bicyclic) bond motifs is 1. The van der Waals surface area contributed by atoms with Gasteiger partial charge in [0.1, 0.15) is 12.1 Å². The molecule has 1 saturated heterocycles. The maximum Gasteiger partial charge on any atom is 0.158 e. The first-order valence-electron chi connectivity index (χ1n) is 12.8. The van der Waals surface area contributed by atoms with E-state index in [1.54, 1.807) is 10.3 Å². The van der Waals surface area contributed by atoms with Gasteiger partial charge in [0.05, 0.1) is 10.3 Å². The summed E-state index contributed by atoms with van der Waals surface area (Å²) in [7, 11) is 0.768. The number of likely N-dealkylation sites (tertiary alicyclic amines) is 1. The number of nitrogens with zero attached hydrogens (tertiary/aromatic N) is 5. The summed E-state index contributed by atoms with van der Waals surface area (Å²) in [4.78, 5) is 14.8. The van der Waals surface area contributed by atoms with Gasteiger partial charge in [-0.15, -0.1) is 0 Å². The molecule has 5 rings (SSSR count). The van der Waals surface area contributed by atoms with Gasteiger partial charge >= 0.3 is 0 Å². The fraction of sp³-hybridized carbons (Fsp3) is 0.379. The van der Waals surface area contributed by atoms with E-state index >= 15 is 0 Å². The average molecular weight is 504 g/mol. The van der Waals surface area contributed by atoms with Crippen LogP contribution in [-0.2, 0) is 17.5 Å². The molecule has 3 heterocycles. The molecule has 6 nitrogen and oxygen atoms in total. The third-order valence-electron chi connectivity index (χ3n) is 6.91. The van der Waals surface area contributed by atoms with Crippen LogP contribution in [0.3, 0.4) is 0 Å². The largest absolute Gasteiger partial charge is 0.354 e. The van der Waals surface area contributed by atoms with Crippen molar-refractivity contribution in [3.63, 3.8) is 0 Å². The Kier molecular flexibility index (Phi) is 8.54. The third-order valence-corrected chi connectivity index (χ3v) is 8.24. The van der Waals surface area contributed by atoms with E-state index in [-0.39, 0.29) is 0 Å². The van der Waals surface area contributed by atoms with Crippen molar-refractivity contribution in [1.29, 1.82) is 0 Å². The van der Waals surface area contributed by atoms with Crippen LogP contribution in [0, 0.1) is 12.8 Å². The van der Waals surface area contributed by atoms with Crippen molar-refractivity contribution in [2.45, 2.75) is 51.6 Å². The molecule has 1 aliphatic rings. The number of rotatable bonds is 6. The zero-order chi connectivity index (χ0) is 25.7. The number of likely N-dealkylation sites (N-methyl/N-ethyl adjacent to an activating group) is 1. The standard InChI is InChI=1S/C27H31N5OS.C2H6/c1-20-9-11-23(12-10-20)34(33)32-16-14-24-26(28-19-29-27(24)32)30(3)25-18-31(15-13-21(25)2)17-22-7-5-4-6-8-22;1-2/h4-12,14,16,19,21,25H,13,15,17-18H2,1-3H3;1-2H3. The number of hydrogen-bond acceptors (Lipinski definition) is 5. The Morgan fingerprint density at radius 1 is 1.03 bits per heavy atom. The number of aromatic nitrogens is 3. The van der Waals surface area contributed by atoms with E-state index in [0.717, 1.165) is 47.7 Å².